The number of nitrogens with two attached hydrogens (primary N) is 1. The van der Waals surface area contributed by atoms with Gasteiger partial charge in [0.2, 0.25) is 5.91 Å². The Hall–Kier alpha value is -2.41. The van der Waals surface area contributed by atoms with Gasteiger partial charge in [-0.05, 0) is 30.0 Å². The molecule has 1 atom stereocenters. The maximum atomic E-state index is 12.2. The van der Waals surface area contributed by atoms with Crippen LogP contribution in [0.1, 0.15) is 39.0 Å². The molecule has 1 heterocycles. The molecule has 25 heavy (non-hydrogen) atoms. The molecule has 134 valence electrons. The van der Waals surface area contributed by atoms with E-state index < -0.39 is 12.0 Å². The van der Waals surface area contributed by atoms with Crippen molar-refractivity contribution in [3.63, 3.8) is 0 Å². The van der Waals surface area contributed by atoms with Crippen LogP contribution in [0.4, 0.5) is 5.13 Å². The zero-order chi connectivity index (χ0) is 18.6. The van der Waals surface area contributed by atoms with E-state index in [-0.39, 0.29) is 17.7 Å². The van der Waals surface area contributed by atoms with Gasteiger partial charge in [-0.25, -0.2) is 4.98 Å². The molecule has 0 saturated carbocycles. The van der Waals surface area contributed by atoms with Crippen molar-refractivity contribution in [1.82, 2.24) is 4.98 Å². The highest BCUT2D eigenvalue weighted by molar-refractivity contribution is 7.13. The van der Waals surface area contributed by atoms with Gasteiger partial charge < -0.3 is 10.5 Å². The first kappa shape index (κ1) is 18.9. The lowest BCUT2D eigenvalue weighted by molar-refractivity contribution is -0.122. The summed E-state index contributed by atoms with van der Waals surface area (Å²) in [7, 11) is 0. The molecule has 7 heteroatoms. The summed E-state index contributed by atoms with van der Waals surface area (Å²) in [5.41, 5.74) is 6.93. The predicted molar refractivity (Wildman–Crippen MR) is 98.9 cm³/mol. The lowest BCUT2D eigenvalue weighted by atomic mass is 9.87. The minimum absolute atomic E-state index is 0.0541. The average Bonchev–Trinajstić information content (AvgIpc) is 2.93. The summed E-state index contributed by atoms with van der Waals surface area (Å²) in [6, 6.07) is 7.71. The Bertz CT molecular complexity index is 748. The smallest absolute Gasteiger partial charge is 0.266 e. The van der Waals surface area contributed by atoms with Gasteiger partial charge >= 0.3 is 0 Å². The molecule has 0 fully saturated rings. The Morgan fingerprint density at radius 3 is 2.48 bits per heavy atom. The second-order valence-corrected chi connectivity index (χ2v) is 7.67. The van der Waals surface area contributed by atoms with Crippen molar-refractivity contribution in [2.45, 2.75) is 45.6 Å². The van der Waals surface area contributed by atoms with Crippen LogP contribution in [0.25, 0.3) is 0 Å². The lowest BCUT2D eigenvalue weighted by Crippen LogP contribution is -2.30. The number of nitrogens with one attached hydrogen (secondary N) is 1. The molecule has 1 aromatic heterocycles. The fourth-order valence-corrected chi connectivity index (χ4v) is 2.84. The largest absolute Gasteiger partial charge is 0.481 e. The van der Waals surface area contributed by atoms with E-state index in [4.69, 9.17) is 10.5 Å². The van der Waals surface area contributed by atoms with Gasteiger partial charge in [-0.3, -0.25) is 14.9 Å². The van der Waals surface area contributed by atoms with Crippen molar-refractivity contribution in [3.05, 3.63) is 40.9 Å². The van der Waals surface area contributed by atoms with Crippen LogP contribution in [0.5, 0.6) is 5.75 Å². The molecule has 2 aromatic rings. The van der Waals surface area contributed by atoms with Gasteiger partial charge in [-0.1, -0.05) is 32.9 Å². The van der Waals surface area contributed by atoms with Gasteiger partial charge in [-0.15, -0.1) is 11.3 Å². The quantitative estimate of drug-likeness (QED) is 0.827. The summed E-state index contributed by atoms with van der Waals surface area (Å²) in [5.74, 6) is -0.136. The Balaban J connectivity index is 1.93. The average molecular weight is 361 g/mol. The molecule has 2 rings (SSSR count). The lowest BCUT2D eigenvalue weighted by Gasteiger charge is -2.20. The monoisotopic (exact) mass is 361 g/mol. The molecule has 6 nitrogen and oxygen atoms in total. The molecule has 1 aromatic carbocycles. The van der Waals surface area contributed by atoms with Gasteiger partial charge in [0.05, 0.1) is 12.1 Å². The first-order valence-corrected chi connectivity index (χ1v) is 8.84. The third kappa shape index (κ3) is 5.56. The van der Waals surface area contributed by atoms with E-state index in [1.165, 1.54) is 16.9 Å². The topological polar surface area (TPSA) is 94.3 Å². The highest BCUT2D eigenvalue weighted by atomic mass is 32.1. The fraction of sp³-hybridized carbons (Fsp3) is 0.389. The number of hydrogen-bond acceptors (Lipinski definition) is 5. The summed E-state index contributed by atoms with van der Waals surface area (Å²) >= 11 is 1.24. The number of carbonyl (C=O) groups is 2. The van der Waals surface area contributed by atoms with Gasteiger partial charge in [0, 0.05) is 5.38 Å². The molecular weight excluding hydrogens is 338 g/mol. The van der Waals surface area contributed by atoms with Crippen molar-refractivity contribution >= 4 is 28.3 Å². The molecular formula is C18H23N3O3S. The van der Waals surface area contributed by atoms with Crippen LogP contribution < -0.4 is 15.8 Å². The van der Waals surface area contributed by atoms with Crippen LogP contribution in [0.15, 0.2) is 29.6 Å². The number of carbonyl (C=O) groups excluding carboxylic acids is 2. The molecule has 0 bridgehead atoms. The Labute approximate surface area is 151 Å². The maximum Gasteiger partial charge on any atom is 0.266 e. The minimum Gasteiger partial charge on any atom is -0.481 e. The first-order valence-electron chi connectivity index (χ1n) is 7.96. The molecule has 0 unspecified atom stereocenters. The van der Waals surface area contributed by atoms with E-state index >= 15 is 0 Å². The van der Waals surface area contributed by atoms with Crippen LogP contribution in [-0.4, -0.2) is 22.9 Å². The highest BCUT2D eigenvalue weighted by Gasteiger charge is 2.18. The van der Waals surface area contributed by atoms with Crippen LogP contribution >= 0.6 is 11.3 Å². The normalized spacial score (nSPS) is 12.5. The molecule has 2 amide bonds. The Morgan fingerprint density at radius 2 is 1.92 bits per heavy atom. The van der Waals surface area contributed by atoms with Crippen molar-refractivity contribution < 1.29 is 14.3 Å². The summed E-state index contributed by atoms with van der Waals surface area (Å²) in [6.07, 6.45) is -0.623. The Kier molecular flexibility index (Phi) is 5.79. The molecule has 0 spiro atoms. The number of thiazole rings is 1. The van der Waals surface area contributed by atoms with Crippen LogP contribution in [0, 0.1) is 0 Å². The minimum atomic E-state index is -0.677. The van der Waals surface area contributed by atoms with Crippen LogP contribution in [0.3, 0.4) is 0 Å². The second-order valence-electron chi connectivity index (χ2n) is 6.81. The molecule has 0 aliphatic rings. The summed E-state index contributed by atoms with van der Waals surface area (Å²) in [4.78, 5) is 27.2. The van der Waals surface area contributed by atoms with Crippen molar-refractivity contribution in [1.29, 1.82) is 0 Å². The number of primary amides is 1. The zero-order valence-corrected chi connectivity index (χ0v) is 15.6. The van der Waals surface area contributed by atoms with Crippen molar-refractivity contribution in [2.75, 3.05) is 5.32 Å². The van der Waals surface area contributed by atoms with Gasteiger partial charge in [0.25, 0.3) is 5.91 Å². The number of benzene rings is 1. The van der Waals surface area contributed by atoms with E-state index in [0.29, 0.717) is 16.6 Å². The van der Waals surface area contributed by atoms with Crippen molar-refractivity contribution in [2.24, 2.45) is 5.73 Å². The van der Waals surface area contributed by atoms with E-state index in [0.717, 1.165) is 0 Å². The standard InChI is InChI=1S/C18H23N3O3S/c1-11(24-14-7-5-12(6-8-14)18(2,3)4)16(23)21-17-20-13(10-25-17)9-15(19)22/h5-8,10-11H,9H2,1-4H3,(H2,19,22)(H,20,21,23)/t11-/m0/s1. The number of rotatable bonds is 6. The second kappa shape index (κ2) is 7.65. The molecule has 3 N–H and O–H groups in total. The summed E-state index contributed by atoms with van der Waals surface area (Å²) < 4.78 is 5.68. The molecule has 0 radical (unpaired) electrons. The SMILES string of the molecule is C[C@H](Oc1ccc(C(C)(C)C)cc1)C(=O)Nc1nc(CC(N)=O)cs1. The van der Waals surface area contributed by atoms with Gasteiger partial charge in [0.1, 0.15) is 5.75 Å². The van der Waals surface area contributed by atoms with Gasteiger partial charge in [-0.2, -0.15) is 0 Å². The van der Waals surface area contributed by atoms with Crippen LogP contribution in [0.2, 0.25) is 0 Å². The number of amides is 2. The van der Waals surface area contributed by atoms with E-state index in [2.05, 4.69) is 31.1 Å². The van der Waals surface area contributed by atoms with E-state index in [1.807, 2.05) is 24.3 Å². The number of ether oxygens (including phenoxy) is 1. The number of hydrogen-bond donors (Lipinski definition) is 2. The number of anilines is 1. The summed E-state index contributed by atoms with van der Waals surface area (Å²) in [6.45, 7) is 8.09. The molecule has 0 aliphatic carbocycles. The number of nitrogens with zero attached hydrogens (tertiary/aromatic N) is 1. The third-order valence-corrected chi connectivity index (χ3v) is 4.35. The van der Waals surface area contributed by atoms with Crippen molar-refractivity contribution in [3.8, 4) is 5.75 Å². The number of aromatic nitrogens is 1. The first-order chi connectivity index (χ1) is 11.6. The van der Waals surface area contributed by atoms with E-state index in [1.54, 1.807) is 12.3 Å². The zero-order valence-electron chi connectivity index (χ0n) is 14.8. The predicted octanol–water partition coefficient (Wildman–Crippen LogP) is 2.87. The Morgan fingerprint density at radius 1 is 1.28 bits per heavy atom. The fourth-order valence-electron chi connectivity index (χ4n) is 2.12. The highest BCUT2D eigenvalue weighted by Crippen LogP contribution is 2.25. The summed E-state index contributed by atoms with van der Waals surface area (Å²) in [5, 5.41) is 4.79. The van der Waals surface area contributed by atoms with E-state index in [9.17, 15) is 9.59 Å². The van der Waals surface area contributed by atoms with Crippen LogP contribution in [-0.2, 0) is 21.4 Å². The molecule has 0 aliphatic heterocycles. The maximum absolute atomic E-state index is 12.2. The molecule has 0 saturated heterocycles. The third-order valence-electron chi connectivity index (χ3n) is 3.54. The van der Waals surface area contributed by atoms with Gasteiger partial charge in [0.15, 0.2) is 11.2 Å².